The van der Waals surface area contributed by atoms with E-state index in [0.717, 1.165) is 31.9 Å². The standard InChI is InChI=1S/C20H13Br2FO2/c21-18-9-13(11-24)7-8-19(18)25-12-15-4-2-6-17(20(15)22)14-3-1-5-16(23)10-14/h1-11H,12H2. The number of carbonyl (C=O) groups excluding carboxylic acids is 1. The Balaban J connectivity index is 1.84. The summed E-state index contributed by atoms with van der Waals surface area (Å²) in [7, 11) is 0. The summed E-state index contributed by atoms with van der Waals surface area (Å²) in [5.74, 6) is 0.374. The van der Waals surface area contributed by atoms with Gasteiger partial charge in [0.05, 0.1) is 4.47 Å². The van der Waals surface area contributed by atoms with Crippen molar-refractivity contribution in [3.8, 4) is 16.9 Å². The van der Waals surface area contributed by atoms with E-state index >= 15 is 0 Å². The average molecular weight is 464 g/mol. The molecule has 3 aromatic rings. The molecule has 0 aliphatic rings. The third-order valence-corrected chi connectivity index (χ3v) is 5.25. The van der Waals surface area contributed by atoms with Crippen LogP contribution in [-0.4, -0.2) is 6.29 Å². The highest BCUT2D eigenvalue weighted by Gasteiger charge is 2.10. The van der Waals surface area contributed by atoms with Crippen LogP contribution < -0.4 is 4.74 Å². The highest BCUT2D eigenvalue weighted by molar-refractivity contribution is 9.11. The molecule has 5 heteroatoms. The van der Waals surface area contributed by atoms with Gasteiger partial charge < -0.3 is 4.74 Å². The summed E-state index contributed by atoms with van der Waals surface area (Å²) in [5, 5.41) is 0. The largest absolute Gasteiger partial charge is 0.488 e. The minimum absolute atomic E-state index is 0.273. The quantitative estimate of drug-likeness (QED) is 0.408. The number of halogens is 3. The summed E-state index contributed by atoms with van der Waals surface area (Å²) in [6.07, 6.45) is 0.785. The molecule has 0 spiro atoms. The van der Waals surface area contributed by atoms with Gasteiger partial charge in [0.1, 0.15) is 24.5 Å². The summed E-state index contributed by atoms with van der Waals surface area (Å²) in [5.41, 5.74) is 3.21. The van der Waals surface area contributed by atoms with Gasteiger partial charge in [-0.2, -0.15) is 0 Å². The molecule has 0 aromatic heterocycles. The Morgan fingerprint density at radius 2 is 1.80 bits per heavy atom. The zero-order chi connectivity index (χ0) is 17.8. The second kappa shape index (κ2) is 7.93. The molecular formula is C20H13Br2FO2. The molecule has 2 nitrogen and oxygen atoms in total. The second-order valence-electron chi connectivity index (χ2n) is 5.39. The third kappa shape index (κ3) is 4.17. The van der Waals surface area contributed by atoms with Crippen molar-refractivity contribution in [1.82, 2.24) is 0 Å². The third-order valence-electron chi connectivity index (χ3n) is 3.69. The van der Waals surface area contributed by atoms with E-state index in [1.165, 1.54) is 12.1 Å². The molecule has 0 unspecified atom stereocenters. The molecule has 0 saturated heterocycles. The Morgan fingerprint density at radius 1 is 1.00 bits per heavy atom. The van der Waals surface area contributed by atoms with Crippen LogP contribution in [0.25, 0.3) is 11.1 Å². The lowest BCUT2D eigenvalue weighted by Gasteiger charge is -2.13. The molecule has 126 valence electrons. The Labute approximate surface area is 161 Å². The number of hydrogen-bond acceptors (Lipinski definition) is 2. The lowest BCUT2D eigenvalue weighted by molar-refractivity contribution is 0.112. The van der Waals surface area contributed by atoms with Crippen LogP contribution in [0, 0.1) is 5.82 Å². The van der Waals surface area contributed by atoms with Crippen molar-refractivity contribution in [3.63, 3.8) is 0 Å². The highest BCUT2D eigenvalue weighted by atomic mass is 79.9. The molecule has 0 radical (unpaired) electrons. The molecule has 3 aromatic carbocycles. The average Bonchev–Trinajstić information content (AvgIpc) is 2.61. The number of benzene rings is 3. The van der Waals surface area contributed by atoms with E-state index in [1.807, 2.05) is 24.3 Å². The minimum atomic E-state index is -0.273. The van der Waals surface area contributed by atoms with Crippen molar-refractivity contribution in [1.29, 1.82) is 0 Å². The second-order valence-corrected chi connectivity index (χ2v) is 7.03. The fraction of sp³-hybridized carbons (Fsp3) is 0.0500. The highest BCUT2D eigenvalue weighted by Crippen LogP contribution is 2.33. The zero-order valence-electron chi connectivity index (χ0n) is 13.0. The van der Waals surface area contributed by atoms with Crippen molar-refractivity contribution in [2.24, 2.45) is 0 Å². The van der Waals surface area contributed by atoms with Crippen LogP contribution in [0.5, 0.6) is 5.75 Å². The fourth-order valence-corrected chi connectivity index (χ4v) is 3.55. The summed E-state index contributed by atoms with van der Waals surface area (Å²) >= 11 is 7.00. The molecule has 0 aliphatic carbocycles. The van der Waals surface area contributed by atoms with E-state index in [9.17, 15) is 9.18 Å². The van der Waals surface area contributed by atoms with Gasteiger partial charge in [-0.05, 0) is 73.3 Å². The predicted molar refractivity (Wildman–Crippen MR) is 103 cm³/mol. The number of aldehydes is 1. The Bertz CT molecular complexity index is 925. The van der Waals surface area contributed by atoms with Crippen molar-refractivity contribution in [2.45, 2.75) is 6.61 Å². The van der Waals surface area contributed by atoms with Gasteiger partial charge in [-0.25, -0.2) is 4.39 Å². The molecule has 0 amide bonds. The number of rotatable bonds is 5. The van der Waals surface area contributed by atoms with Gasteiger partial charge >= 0.3 is 0 Å². The van der Waals surface area contributed by atoms with Gasteiger partial charge in [0.15, 0.2) is 0 Å². The first-order valence-electron chi connectivity index (χ1n) is 7.49. The zero-order valence-corrected chi connectivity index (χ0v) is 16.2. The van der Waals surface area contributed by atoms with Crippen LogP contribution in [-0.2, 0) is 6.61 Å². The van der Waals surface area contributed by atoms with E-state index in [2.05, 4.69) is 31.9 Å². The van der Waals surface area contributed by atoms with Gasteiger partial charge in [-0.15, -0.1) is 0 Å². The monoisotopic (exact) mass is 462 g/mol. The first kappa shape index (κ1) is 17.8. The Kier molecular flexibility index (Phi) is 5.66. The lowest BCUT2D eigenvalue weighted by atomic mass is 10.0. The van der Waals surface area contributed by atoms with Crippen molar-refractivity contribution >= 4 is 38.1 Å². The van der Waals surface area contributed by atoms with E-state index in [4.69, 9.17) is 4.74 Å². The molecule has 0 aliphatic heterocycles. The molecule has 3 rings (SSSR count). The molecular weight excluding hydrogens is 451 g/mol. The van der Waals surface area contributed by atoms with E-state index in [1.54, 1.807) is 24.3 Å². The summed E-state index contributed by atoms with van der Waals surface area (Å²) in [4.78, 5) is 10.8. The van der Waals surface area contributed by atoms with Crippen molar-refractivity contribution < 1.29 is 13.9 Å². The molecule has 0 N–H and O–H groups in total. The maximum atomic E-state index is 13.5. The first-order chi connectivity index (χ1) is 12.1. The van der Waals surface area contributed by atoms with E-state index in [-0.39, 0.29) is 5.82 Å². The van der Waals surface area contributed by atoms with Gasteiger partial charge in [0.25, 0.3) is 0 Å². The fourth-order valence-electron chi connectivity index (χ4n) is 2.43. The summed E-state index contributed by atoms with van der Waals surface area (Å²) in [6, 6.07) is 17.4. The number of carbonyl (C=O) groups is 1. The topological polar surface area (TPSA) is 26.3 Å². The summed E-state index contributed by atoms with van der Waals surface area (Å²) < 4.78 is 20.9. The Morgan fingerprint density at radius 3 is 2.52 bits per heavy atom. The SMILES string of the molecule is O=Cc1ccc(OCc2cccc(-c3cccc(F)c3)c2Br)c(Br)c1. The Hall–Kier alpha value is -1.98. The van der Waals surface area contributed by atoms with Gasteiger partial charge in [-0.3, -0.25) is 4.79 Å². The smallest absolute Gasteiger partial charge is 0.150 e. The van der Waals surface area contributed by atoms with Crippen LogP contribution >= 0.6 is 31.9 Å². The van der Waals surface area contributed by atoms with Gasteiger partial charge in [0, 0.05) is 15.6 Å². The van der Waals surface area contributed by atoms with Crippen molar-refractivity contribution in [3.05, 3.63) is 86.6 Å². The van der Waals surface area contributed by atoms with Crippen LogP contribution in [0.3, 0.4) is 0 Å². The normalized spacial score (nSPS) is 10.5. The van der Waals surface area contributed by atoms with Crippen LogP contribution in [0.4, 0.5) is 4.39 Å². The molecule has 0 atom stereocenters. The van der Waals surface area contributed by atoms with E-state index in [0.29, 0.717) is 17.9 Å². The van der Waals surface area contributed by atoms with E-state index < -0.39 is 0 Å². The minimum Gasteiger partial charge on any atom is -0.488 e. The predicted octanol–water partition coefficient (Wildman–Crippen LogP) is 6.41. The summed E-state index contributed by atoms with van der Waals surface area (Å²) in [6.45, 7) is 0.336. The van der Waals surface area contributed by atoms with Gasteiger partial charge in [-0.1, -0.05) is 30.3 Å². The maximum Gasteiger partial charge on any atom is 0.150 e. The van der Waals surface area contributed by atoms with Crippen molar-refractivity contribution in [2.75, 3.05) is 0 Å². The number of hydrogen-bond donors (Lipinski definition) is 0. The lowest BCUT2D eigenvalue weighted by Crippen LogP contribution is -1.98. The van der Waals surface area contributed by atoms with Gasteiger partial charge in [0.2, 0.25) is 0 Å². The van der Waals surface area contributed by atoms with Crippen LogP contribution in [0.2, 0.25) is 0 Å². The number of ether oxygens (including phenoxy) is 1. The molecule has 0 fully saturated rings. The molecule has 0 heterocycles. The van der Waals surface area contributed by atoms with Crippen LogP contribution in [0.1, 0.15) is 15.9 Å². The molecule has 0 bridgehead atoms. The molecule has 25 heavy (non-hydrogen) atoms. The first-order valence-corrected chi connectivity index (χ1v) is 9.08. The maximum absolute atomic E-state index is 13.5. The molecule has 0 saturated carbocycles. The van der Waals surface area contributed by atoms with Crippen LogP contribution in [0.15, 0.2) is 69.6 Å².